The lowest BCUT2D eigenvalue weighted by Gasteiger charge is -2.35. The molecule has 0 bridgehead atoms. The molecular formula is C14H15N3OS. The number of imidazole rings is 1. The first-order valence-corrected chi connectivity index (χ1v) is 6.78. The SMILES string of the molecule is CC1(n2c(=S)[nH]c3ccc(C#N)cc32)CCOCC1. The number of nitriles is 1. The van der Waals surface area contributed by atoms with E-state index in [0.717, 1.165) is 41.9 Å². The van der Waals surface area contributed by atoms with Gasteiger partial charge in [0.25, 0.3) is 0 Å². The van der Waals surface area contributed by atoms with Gasteiger partial charge in [0.1, 0.15) is 0 Å². The minimum Gasteiger partial charge on any atom is -0.381 e. The van der Waals surface area contributed by atoms with Crippen LogP contribution in [0.15, 0.2) is 18.2 Å². The molecule has 3 rings (SSSR count). The highest BCUT2D eigenvalue weighted by Crippen LogP contribution is 2.32. The molecule has 0 amide bonds. The monoisotopic (exact) mass is 273 g/mol. The number of hydrogen-bond donors (Lipinski definition) is 1. The third-order valence-electron chi connectivity index (χ3n) is 3.92. The quantitative estimate of drug-likeness (QED) is 0.812. The Labute approximate surface area is 116 Å². The predicted octanol–water partition coefficient (Wildman–Crippen LogP) is 3.10. The third-order valence-corrected chi connectivity index (χ3v) is 4.21. The Morgan fingerprint density at radius 3 is 2.84 bits per heavy atom. The van der Waals surface area contributed by atoms with Crippen molar-refractivity contribution in [1.82, 2.24) is 9.55 Å². The normalized spacial score (nSPS) is 18.3. The van der Waals surface area contributed by atoms with Crippen molar-refractivity contribution in [1.29, 1.82) is 5.26 Å². The second kappa shape index (κ2) is 4.48. The molecule has 1 fully saturated rings. The van der Waals surface area contributed by atoms with Crippen LogP contribution in [0.2, 0.25) is 0 Å². The first kappa shape index (κ1) is 12.4. The fourth-order valence-electron chi connectivity index (χ4n) is 2.74. The summed E-state index contributed by atoms with van der Waals surface area (Å²) in [4.78, 5) is 3.23. The van der Waals surface area contributed by atoms with E-state index in [4.69, 9.17) is 22.2 Å². The van der Waals surface area contributed by atoms with Gasteiger partial charge in [-0.25, -0.2) is 0 Å². The maximum atomic E-state index is 9.05. The first-order chi connectivity index (χ1) is 9.14. The van der Waals surface area contributed by atoms with E-state index < -0.39 is 0 Å². The van der Waals surface area contributed by atoms with Gasteiger partial charge in [-0.15, -0.1) is 0 Å². The Morgan fingerprint density at radius 2 is 2.16 bits per heavy atom. The van der Waals surface area contributed by atoms with Crippen molar-refractivity contribution in [3.63, 3.8) is 0 Å². The van der Waals surface area contributed by atoms with Crippen molar-refractivity contribution in [3.8, 4) is 6.07 Å². The maximum Gasteiger partial charge on any atom is 0.178 e. The fraction of sp³-hybridized carbons (Fsp3) is 0.429. The van der Waals surface area contributed by atoms with Crippen LogP contribution in [0.3, 0.4) is 0 Å². The van der Waals surface area contributed by atoms with E-state index in [1.54, 1.807) is 0 Å². The Balaban J connectivity index is 2.25. The largest absolute Gasteiger partial charge is 0.381 e. The molecular weight excluding hydrogens is 258 g/mol. The number of fused-ring (bicyclic) bond motifs is 1. The zero-order valence-corrected chi connectivity index (χ0v) is 11.6. The highest BCUT2D eigenvalue weighted by molar-refractivity contribution is 7.71. The molecule has 0 radical (unpaired) electrons. The van der Waals surface area contributed by atoms with Gasteiger partial charge in [0.15, 0.2) is 4.77 Å². The van der Waals surface area contributed by atoms with E-state index in [-0.39, 0.29) is 5.54 Å². The van der Waals surface area contributed by atoms with Gasteiger partial charge < -0.3 is 14.3 Å². The number of H-pyrrole nitrogens is 1. The Hall–Kier alpha value is -1.64. The number of nitrogens with zero attached hydrogens (tertiary/aromatic N) is 2. The summed E-state index contributed by atoms with van der Waals surface area (Å²) in [6, 6.07) is 7.82. The molecule has 0 atom stereocenters. The lowest BCUT2D eigenvalue weighted by Crippen LogP contribution is -2.36. The average molecular weight is 273 g/mol. The van der Waals surface area contributed by atoms with Gasteiger partial charge in [0, 0.05) is 18.8 Å². The second-order valence-corrected chi connectivity index (χ2v) is 5.61. The van der Waals surface area contributed by atoms with E-state index in [2.05, 4.69) is 22.5 Å². The summed E-state index contributed by atoms with van der Waals surface area (Å²) in [6.07, 6.45) is 1.87. The van der Waals surface area contributed by atoms with E-state index in [1.807, 2.05) is 18.2 Å². The Morgan fingerprint density at radius 1 is 1.42 bits per heavy atom. The van der Waals surface area contributed by atoms with Gasteiger partial charge in [0.05, 0.1) is 22.7 Å². The standard InChI is InChI=1S/C14H15N3OS/c1-14(4-6-18-7-5-14)17-12-8-10(9-15)2-3-11(12)16-13(17)19/h2-3,8H,4-7H2,1H3,(H,16,19). The van der Waals surface area contributed by atoms with Crippen molar-refractivity contribution >= 4 is 23.3 Å². The van der Waals surface area contributed by atoms with Crippen LogP contribution in [-0.2, 0) is 10.3 Å². The van der Waals surface area contributed by atoms with Gasteiger partial charge in [-0.2, -0.15) is 5.26 Å². The van der Waals surface area contributed by atoms with Crippen LogP contribution in [0, 0.1) is 16.1 Å². The highest BCUT2D eigenvalue weighted by Gasteiger charge is 2.31. The summed E-state index contributed by atoms with van der Waals surface area (Å²) in [5.74, 6) is 0. The van der Waals surface area contributed by atoms with E-state index in [0.29, 0.717) is 5.56 Å². The molecule has 2 heterocycles. The first-order valence-electron chi connectivity index (χ1n) is 6.37. The maximum absolute atomic E-state index is 9.05. The van der Waals surface area contributed by atoms with Crippen LogP contribution in [-0.4, -0.2) is 22.8 Å². The van der Waals surface area contributed by atoms with Crippen molar-refractivity contribution in [2.24, 2.45) is 0 Å². The van der Waals surface area contributed by atoms with Crippen molar-refractivity contribution in [2.75, 3.05) is 13.2 Å². The lowest BCUT2D eigenvalue weighted by atomic mass is 9.92. The van der Waals surface area contributed by atoms with Gasteiger partial charge >= 0.3 is 0 Å². The lowest BCUT2D eigenvalue weighted by molar-refractivity contribution is 0.0306. The summed E-state index contributed by atoms with van der Waals surface area (Å²) in [7, 11) is 0. The number of hydrogen-bond acceptors (Lipinski definition) is 3. The molecule has 2 aromatic rings. The molecule has 1 saturated heterocycles. The van der Waals surface area contributed by atoms with Crippen molar-refractivity contribution in [3.05, 3.63) is 28.5 Å². The van der Waals surface area contributed by atoms with Crippen LogP contribution in [0.1, 0.15) is 25.3 Å². The third kappa shape index (κ3) is 1.97. The zero-order valence-electron chi connectivity index (χ0n) is 10.8. The molecule has 1 N–H and O–H groups in total. The topological polar surface area (TPSA) is 53.7 Å². The molecule has 0 spiro atoms. The molecule has 0 unspecified atom stereocenters. The Bertz CT molecular complexity index is 716. The predicted molar refractivity (Wildman–Crippen MR) is 75.5 cm³/mol. The van der Waals surface area contributed by atoms with Crippen LogP contribution in [0.5, 0.6) is 0 Å². The smallest absolute Gasteiger partial charge is 0.178 e. The van der Waals surface area contributed by atoms with E-state index in [1.165, 1.54) is 0 Å². The number of benzene rings is 1. The summed E-state index contributed by atoms with van der Waals surface area (Å²) in [6.45, 7) is 3.71. The molecule has 1 aromatic heterocycles. The molecule has 5 heteroatoms. The average Bonchev–Trinajstić information content (AvgIpc) is 2.74. The van der Waals surface area contributed by atoms with E-state index >= 15 is 0 Å². The number of aromatic amines is 1. The second-order valence-electron chi connectivity index (χ2n) is 5.22. The van der Waals surface area contributed by atoms with Gasteiger partial charge in [0.2, 0.25) is 0 Å². The summed E-state index contributed by atoms with van der Waals surface area (Å²) in [5.41, 5.74) is 2.61. The highest BCUT2D eigenvalue weighted by atomic mass is 32.1. The zero-order chi connectivity index (χ0) is 13.5. The van der Waals surface area contributed by atoms with Crippen LogP contribution < -0.4 is 0 Å². The van der Waals surface area contributed by atoms with Crippen molar-refractivity contribution in [2.45, 2.75) is 25.3 Å². The van der Waals surface area contributed by atoms with Crippen LogP contribution in [0.25, 0.3) is 11.0 Å². The number of nitrogens with one attached hydrogen (secondary N) is 1. The van der Waals surface area contributed by atoms with E-state index in [9.17, 15) is 0 Å². The fourth-order valence-corrected chi connectivity index (χ4v) is 3.17. The van der Waals surface area contributed by atoms with Crippen molar-refractivity contribution < 1.29 is 4.74 Å². The molecule has 1 aliphatic heterocycles. The van der Waals surface area contributed by atoms with Gasteiger partial charge in [-0.1, -0.05) is 0 Å². The number of rotatable bonds is 1. The molecule has 1 aliphatic rings. The molecule has 0 aliphatic carbocycles. The number of aromatic nitrogens is 2. The summed E-state index contributed by atoms with van der Waals surface area (Å²) >= 11 is 5.47. The molecule has 4 nitrogen and oxygen atoms in total. The Kier molecular flexibility index (Phi) is 2.92. The minimum absolute atomic E-state index is 0.0400. The van der Waals surface area contributed by atoms with Crippen LogP contribution >= 0.6 is 12.2 Å². The molecule has 1 aromatic carbocycles. The molecule has 19 heavy (non-hydrogen) atoms. The van der Waals surface area contributed by atoms with Gasteiger partial charge in [-0.3, -0.25) is 0 Å². The van der Waals surface area contributed by atoms with Crippen LogP contribution in [0.4, 0.5) is 0 Å². The summed E-state index contributed by atoms with van der Waals surface area (Å²) < 4.78 is 8.32. The summed E-state index contributed by atoms with van der Waals surface area (Å²) in [5, 5.41) is 9.05. The number of ether oxygens (including phenoxy) is 1. The minimum atomic E-state index is -0.0400. The van der Waals surface area contributed by atoms with Gasteiger partial charge in [-0.05, 0) is 50.2 Å². The molecule has 98 valence electrons. The molecule has 0 saturated carbocycles.